The van der Waals surface area contributed by atoms with E-state index in [0.29, 0.717) is 19.5 Å². The minimum absolute atomic E-state index is 0.153. The first-order valence-corrected chi connectivity index (χ1v) is 14.0. The highest BCUT2D eigenvalue weighted by Gasteiger charge is 2.20. The fraction of sp³-hybridized carbons (Fsp3) is 0.259. The Labute approximate surface area is 221 Å². The van der Waals surface area contributed by atoms with Gasteiger partial charge < -0.3 is 5.32 Å². The van der Waals surface area contributed by atoms with Crippen molar-refractivity contribution in [3.63, 3.8) is 0 Å². The molecular weight excluding hydrogens is 538 g/mol. The minimum Gasteiger partial charge on any atom is -0.370 e. The molecule has 2 aromatic heterocycles. The molecule has 0 amide bonds. The molecule has 4 rings (SSSR count). The summed E-state index contributed by atoms with van der Waals surface area (Å²) in [5.74, 6) is 0.728. The summed E-state index contributed by atoms with van der Waals surface area (Å²) < 4.78 is 30.3. The molecule has 188 valence electrons. The maximum atomic E-state index is 12.4. The van der Waals surface area contributed by atoms with Gasteiger partial charge in [0.2, 0.25) is 10.0 Å². The average molecular weight is 569 g/mol. The van der Waals surface area contributed by atoms with Crippen LogP contribution in [0.15, 0.2) is 88.5 Å². The molecule has 36 heavy (non-hydrogen) atoms. The van der Waals surface area contributed by atoms with Crippen LogP contribution in [0.4, 0.5) is 5.82 Å². The standard InChI is InChI=1S/C27H30BrN5O2S/c1-27(2,3)33-19-24(26(32-33)20-8-5-4-6-9-20)21-14-17-30-25(18-21)29-15-7-16-31-36(34,35)23-12-10-22(28)11-13-23/h4-6,8-14,17-19,31H,7,15-16H2,1-3H3,(H,29,30). The lowest BCUT2D eigenvalue weighted by atomic mass is 10.0. The number of anilines is 1. The van der Waals surface area contributed by atoms with E-state index in [9.17, 15) is 8.42 Å². The number of halogens is 1. The second-order valence-electron chi connectivity index (χ2n) is 9.43. The van der Waals surface area contributed by atoms with Crippen LogP contribution in [0.3, 0.4) is 0 Å². The summed E-state index contributed by atoms with van der Waals surface area (Å²) in [6.45, 7) is 7.28. The number of rotatable bonds is 9. The molecule has 2 aromatic carbocycles. The molecular formula is C27H30BrN5O2S. The van der Waals surface area contributed by atoms with Gasteiger partial charge >= 0.3 is 0 Å². The van der Waals surface area contributed by atoms with Gasteiger partial charge in [-0.15, -0.1) is 0 Å². The number of hydrogen-bond acceptors (Lipinski definition) is 5. The highest BCUT2D eigenvalue weighted by atomic mass is 79.9. The third kappa shape index (κ3) is 6.40. The van der Waals surface area contributed by atoms with Crippen LogP contribution < -0.4 is 10.0 Å². The van der Waals surface area contributed by atoms with E-state index in [0.717, 1.165) is 32.7 Å². The van der Waals surface area contributed by atoms with Gasteiger partial charge in [0.1, 0.15) is 11.5 Å². The van der Waals surface area contributed by atoms with Crippen molar-refractivity contribution in [1.29, 1.82) is 0 Å². The largest absolute Gasteiger partial charge is 0.370 e. The van der Waals surface area contributed by atoms with Crippen LogP contribution in [-0.4, -0.2) is 36.3 Å². The third-order valence-corrected chi connectivity index (χ3v) is 7.60. The number of nitrogens with zero attached hydrogens (tertiary/aromatic N) is 3. The first-order valence-electron chi connectivity index (χ1n) is 11.7. The Bertz CT molecular complexity index is 1410. The molecule has 0 saturated heterocycles. The fourth-order valence-electron chi connectivity index (χ4n) is 3.64. The first-order chi connectivity index (χ1) is 17.1. The van der Waals surface area contributed by atoms with Crippen LogP contribution >= 0.6 is 15.9 Å². The van der Waals surface area contributed by atoms with Gasteiger partial charge in [-0.2, -0.15) is 5.10 Å². The van der Waals surface area contributed by atoms with Crippen molar-refractivity contribution in [3.8, 4) is 22.4 Å². The van der Waals surface area contributed by atoms with Gasteiger partial charge in [-0.25, -0.2) is 18.1 Å². The van der Waals surface area contributed by atoms with E-state index in [4.69, 9.17) is 5.10 Å². The Morgan fingerprint density at radius 2 is 1.67 bits per heavy atom. The molecule has 0 unspecified atom stereocenters. The summed E-state index contributed by atoms with van der Waals surface area (Å²) in [5.41, 5.74) is 3.87. The van der Waals surface area contributed by atoms with Gasteiger partial charge in [0.25, 0.3) is 0 Å². The van der Waals surface area contributed by atoms with Gasteiger partial charge in [-0.05, 0) is 69.2 Å². The van der Waals surface area contributed by atoms with Crippen molar-refractivity contribution in [2.24, 2.45) is 0 Å². The third-order valence-electron chi connectivity index (χ3n) is 5.60. The first kappa shape index (κ1) is 26.1. The van der Waals surface area contributed by atoms with Crippen LogP contribution in [0, 0.1) is 0 Å². The zero-order chi connectivity index (χ0) is 25.8. The Morgan fingerprint density at radius 1 is 0.944 bits per heavy atom. The Morgan fingerprint density at radius 3 is 2.36 bits per heavy atom. The Hall–Kier alpha value is -3.01. The number of aromatic nitrogens is 3. The maximum absolute atomic E-state index is 12.4. The van der Waals surface area contributed by atoms with Crippen molar-refractivity contribution in [2.75, 3.05) is 18.4 Å². The monoisotopic (exact) mass is 567 g/mol. The topological polar surface area (TPSA) is 88.9 Å². The van der Waals surface area contributed by atoms with E-state index < -0.39 is 10.0 Å². The molecule has 2 heterocycles. The van der Waals surface area contributed by atoms with Crippen molar-refractivity contribution in [2.45, 2.75) is 37.6 Å². The smallest absolute Gasteiger partial charge is 0.240 e. The molecule has 0 saturated carbocycles. The zero-order valence-electron chi connectivity index (χ0n) is 20.6. The summed E-state index contributed by atoms with van der Waals surface area (Å²) >= 11 is 3.32. The van der Waals surface area contributed by atoms with Crippen molar-refractivity contribution < 1.29 is 8.42 Å². The number of sulfonamides is 1. The Kier molecular flexibility index (Phi) is 7.92. The van der Waals surface area contributed by atoms with Crippen LogP contribution in [0.1, 0.15) is 27.2 Å². The maximum Gasteiger partial charge on any atom is 0.240 e. The summed E-state index contributed by atoms with van der Waals surface area (Å²) in [5, 5.41) is 8.21. The van der Waals surface area contributed by atoms with E-state index >= 15 is 0 Å². The lowest BCUT2D eigenvalue weighted by Crippen LogP contribution is -2.26. The summed E-state index contributed by atoms with van der Waals surface area (Å²) in [6, 6.07) is 20.7. The van der Waals surface area contributed by atoms with Crippen molar-refractivity contribution in [1.82, 2.24) is 19.5 Å². The minimum atomic E-state index is -3.53. The van der Waals surface area contributed by atoms with Crippen molar-refractivity contribution in [3.05, 3.63) is 83.6 Å². The van der Waals surface area contributed by atoms with Gasteiger partial charge in [0.15, 0.2) is 0 Å². The fourth-order valence-corrected chi connectivity index (χ4v) is 4.98. The molecule has 4 aromatic rings. The highest BCUT2D eigenvalue weighted by Crippen LogP contribution is 2.33. The van der Waals surface area contributed by atoms with E-state index in [2.05, 4.69) is 70.1 Å². The molecule has 0 aliphatic heterocycles. The summed E-state index contributed by atoms with van der Waals surface area (Å²) in [6.07, 6.45) is 4.47. The second kappa shape index (κ2) is 10.9. The zero-order valence-corrected chi connectivity index (χ0v) is 23.0. The predicted octanol–water partition coefficient (Wildman–Crippen LogP) is 5.91. The number of nitrogens with one attached hydrogen (secondary N) is 2. The van der Waals surface area contributed by atoms with E-state index in [1.807, 2.05) is 35.0 Å². The molecule has 0 fully saturated rings. The molecule has 0 aliphatic carbocycles. The lowest BCUT2D eigenvalue weighted by molar-refractivity contribution is 0.356. The molecule has 2 N–H and O–H groups in total. The predicted molar refractivity (Wildman–Crippen MR) is 148 cm³/mol. The summed E-state index contributed by atoms with van der Waals surface area (Å²) in [4.78, 5) is 4.69. The normalized spacial score (nSPS) is 12.0. The van der Waals surface area contributed by atoms with E-state index in [1.54, 1.807) is 30.5 Å². The van der Waals surface area contributed by atoms with Crippen LogP contribution in [0.25, 0.3) is 22.4 Å². The Balaban J connectivity index is 1.43. The average Bonchev–Trinajstić information content (AvgIpc) is 3.31. The lowest BCUT2D eigenvalue weighted by Gasteiger charge is -2.18. The van der Waals surface area contributed by atoms with Gasteiger partial charge in [-0.1, -0.05) is 46.3 Å². The molecule has 0 radical (unpaired) electrons. The van der Waals surface area contributed by atoms with Crippen LogP contribution in [0.2, 0.25) is 0 Å². The quantitative estimate of drug-likeness (QED) is 0.245. The van der Waals surface area contributed by atoms with Gasteiger partial charge in [0.05, 0.1) is 10.4 Å². The molecule has 7 nitrogen and oxygen atoms in total. The highest BCUT2D eigenvalue weighted by molar-refractivity contribution is 9.10. The van der Waals surface area contributed by atoms with Gasteiger partial charge in [0, 0.05) is 41.1 Å². The SMILES string of the molecule is CC(C)(C)n1cc(-c2ccnc(NCCCNS(=O)(=O)c3ccc(Br)cc3)c2)c(-c2ccccc2)n1. The van der Waals surface area contributed by atoms with Crippen LogP contribution in [0.5, 0.6) is 0 Å². The molecule has 0 atom stereocenters. The number of pyridine rings is 1. The number of benzene rings is 2. The molecule has 0 spiro atoms. The van der Waals surface area contributed by atoms with E-state index in [1.165, 1.54) is 0 Å². The molecule has 0 bridgehead atoms. The summed E-state index contributed by atoms with van der Waals surface area (Å²) in [7, 11) is -3.53. The number of hydrogen-bond donors (Lipinski definition) is 2. The van der Waals surface area contributed by atoms with E-state index in [-0.39, 0.29) is 10.4 Å². The second-order valence-corrected chi connectivity index (χ2v) is 12.1. The molecule has 0 aliphatic rings. The van der Waals surface area contributed by atoms with Crippen molar-refractivity contribution >= 4 is 31.8 Å². The molecule has 9 heteroatoms. The van der Waals surface area contributed by atoms with Crippen LogP contribution in [-0.2, 0) is 15.6 Å². The van der Waals surface area contributed by atoms with Gasteiger partial charge in [-0.3, -0.25) is 4.68 Å².